The molecule has 0 unspecified atom stereocenters. The molecular formula is C22H28N2O4S2. The predicted molar refractivity (Wildman–Crippen MR) is 120 cm³/mol. The van der Waals surface area contributed by atoms with Crippen molar-refractivity contribution in [3.63, 3.8) is 0 Å². The molecule has 1 N–H and O–H groups in total. The zero-order valence-corrected chi connectivity index (χ0v) is 19.1. The van der Waals surface area contributed by atoms with Crippen LogP contribution in [-0.2, 0) is 14.8 Å². The number of benzene rings is 1. The number of Topliss-reactive ketones (excluding diaryl/α,β-unsaturated/α-hetero) is 1. The van der Waals surface area contributed by atoms with Gasteiger partial charge < -0.3 is 5.32 Å². The zero-order valence-electron chi connectivity index (χ0n) is 17.4. The van der Waals surface area contributed by atoms with Crippen molar-refractivity contribution in [1.29, 1.82) is 0 Å². The SMILES string of the molecule is Cc1cc(C(=O)CCC(=O)Nc2ccc(S(=O)(=O)N3CCCCCC3)cc2)c(C)s1. The molecule has 1 aliphatic rings. The van der Waals surface area contributed by atoms with E-state index in [0.717, 1.165) is 35.4 Å². The molecule has 6 nitrogen and oxygen atoms in total. The first-order chi connectivity index (χ1) is 14.3. The molecule has 0 atom stereocenters. The minimum atomic E-state index is -3.51. The standard InChI is InChI=1S/C22H28N2O4S2/c1-16-15-20(17(2)29-16)21(25)11-12-22(26)23-18-7-9-19(10-8-18)30(27,28)24-13-5-3-4-6-14-24/h7-10,15H,3-6,11-14H2,1-2H3,(H,23,26). The van der Waals surface area contributed by atoms with E-state index in [1.54, 1.807) is 27.8 Å². The third-order valence-corrected chi connectivity index (χ3v) is 8.14. The van der Waals surface area contributed by atoms with E-state index < -0.39 is 10.0 Å². The van der Waals surface area contributed by atoms with Crippen LogP contribution in [0.15, 0.2) is 35.2 Å². The van der Waals surface area contributed by atoms with Crippen LogP contribution >= 0.6 is 11.3 Å². The molecule has 2 heterocycles. The van der Waals surface area contributed by atoms with Crippen LogP contribution in [0.2, 0.25) is 0 Å². The molecule has 1 saturated heterocycles. The number of amides is 1. The van der Waals surface area contributed by atoms with E-state index in [2.05, 4.69) is 5.32 Å². The van der Waals surface area contributed by atoms with Crippen LogP contribution in [0.1, 0.15) is 58.6 Å². The maximum absolute atomic E-state index is 12.8. The largest absolute Gasteiger partial charge is 0.326 e. The predicted octanol–water partition coefficient (Wildman–Crippen LogP) is 4.53. The first-order valence-electron chi connectivity index (χ1n) is 10.3. The fourth-order valence-electron chi connectivity index (χ4n) is 3.63. The second-order valence-electron chi connectivity index (χ2n) is 7.64. The van der Waals surface area contributed by atoms with Gasteiger partial charge in [-0.15, -0.1) is 11.3 Å². The third-order valence-electron chi connectivity index (χ3n) is 5.26. The van der Waals surface area contributed by atoms with Crippen molar-refractivity contribution in [3.8, 4) is 0 Å². The van der Waals surface area contributed by atoms with Gasteiger partial charge >= 0.3 is 0 Å². The lowest BCUT2D eigenvalue weighted by Gasteiger charge is -2.20. The lowest BCUT2D eigenvalue weighted by molar-refractivity contribution is -0.116. The van der Waals surface area contributed by atoms with Gasteiger partial charge in [0.25, 0.3) is 0 Å². The summed E-state index contributed by atoms with van der Waals surface area (Å²) >= 11 is 1.58. The molecular weight excluding hydrogens is 420 g/mol. The Labute approximate surface area is 182 Å². The fourth-order valence-corrected chi connectivity index (χ4v) is 6.09. The number of aryl methyl sites for hydroxylation is 2. The molecule has 1 aromatic heterocycles. The van der Waals surface area contributed by atoms with Gasteiger partial charge in [-0.2, -0.15) is 4.31 Å². The summed E-state index contributed by atoms with van der Waals surface area (Å²) in [5, 5.41) is 2.74. The summed E-state index contributed by atoms with van der Waals surface area (Å²) in [4.78, 5) is 26.8. The lowest BCUT2D eigenvalue weighted by Crippen LogP contribution is -2.31. The number of thiophene rings is 1. The normalized spacial score (nSPS) is 15.5. The molecule has 1 amide bonds. The van der Waals surface area contributed by atoms with Crippen molar-refractivity contribution in [3.05, 3.63) is 45.6 Å². The highest BCUT2D eigenvalue weighted by Crippen LogP contribution is 2.23. The Morgan fingerprint density at radius 3 is 2.20 bits per heavy atom. The van der Waals surface area contributed by atoms with Gasteiger partial charge in [-0.05, 0) is 57.0 Å². The number of hydrogen-bond acceptors (Lipinski definition) is 5. The molecule has 0 saturated carbocycles. The number of ketones is 1. The molecule has 1 fully saturated rings. The summed E-state index contributed by atoms with van der Waals surface area (Å²) in [5.74, 6) is -0.304. The van der Waals surface area contributed by atoms with Gasteiger partial charge in [0.2, 0.25) is 15.9 Å². The third kappa shape index (κ3) is 5.56. The summed E-state index contributed by atoms with van der Waals surface area (Å²) in [6.07, 6.45) is 4.12. The molecule has 3 rings (SSSR count). The van der Waals surface area contributed by atoms with Gasteiger partial charge in [0.15, 0.2) is 5.78 Å². The molecule has 0 radical (unpaired) electrons. The van der Waals surface area contributed by atoms with Crippen LogP contribution in [-0.4, -0.2) is 37.5 Å². The first kappa shape index (κ1) is 22.7. The summed E-state index contributed by atoms with van der Waals surface area (Å²) in [7, 11) is -3.51. The molecule has 0 aliphatic carbocycles. The molecule has 0 spiro atoms. The Morgan fingerprint density at radius 1 is 1.00 bits per heavy atom. The van der Waals surface area contributed by atoms with Gasteiger partial charge in [0.1, 0.15) is 0 Å². The average Bonchev–Trinajstić information content (AvgIpc) is 2.89. The van der Waals surface area contributed by atoms with Crippen molar-refractivity contribution < 1.29 is 18.0 Å². The molecule has 0 bridgehead atoms. The van der Waals surface area contributed by atoms with Gasteiger partial charge in [-0.25, -0.2) is 8.42 Å². The lowest BCUT2D eigenvalue weighted by atomic mass is 10.1. The van der Waals surface area contributed by atoms with Crippen LogP contribution in [0.5, 0.6) is 0 Å². The number of sulfonamides is 1. The van der Waals surface area contributed by atoms with Gasteiger partial charge in [-0.1, -0.05) is 12.8 Å². The van der Waals surface area contributed by atoms with Crippen molar-refractivity contribution in [2.75, 3.05) is 18.4 Å². The number of nitrogens with zero attached hydrogens (tertiary/aromatic N) is 1. The Bertz CT molecular complexity index is 1000. The minimum absolute atomic E-state index is 0.0362. The smallest absolute Gasteiger partial charge is 0.243 e. The Hall–Kier alpha value is -2.03. The molecule has 162 valence electrons. The summed E-state index contributed by atoms with van der Waals surface area (Å²) in [6, 6.07) is 8.11. The van der Waals surface area contributed by atoms with E-state index in [1.807, 2.05) is 19.9 Å². The van der Waals surface area contributed by atoms with Gasteiger partial charge in [0.05, 0.1) is 4.90 Å². The quantitative estimate of drug-likeness (QED) is 0.631. The average molecular weight is 449 g/mol. The van der Waals surface area contributed by atoms with E-state index in [-0.39, 0.29) is 29.4 Å². The Kier molecular flexibility index (Phi) is 7.44. The van der Waals surface area contributed by atoms with E-state index in [1.165, 1.54) is 12.1 Å². The summed E-state index contributed by atoms with van der Waals surface area (Å²) < 4.78 is 27.2. The minimum Gasteiger partial charge on any atom is -0.326 e. The maximum Gasteiger partial charge on any atom is 0.243 e. The second kappa shape index (κ2) is 9.85. The number of hydrogen-bond donors (Lipinski definition) is 1. The number of nitrogens with one attached hydrogen (secondary N) is 1. The topological polar surface area (TPSA) is 83.5 Å². The Balaban J connectivity index is 1.56. The molecule has 1 aliphatic heterocycles. The van der Waals surface area contributed by atoms with Crippen molar-refractivity contribution in [1.82, 2.24) is 4.31 Å². The second-order valence-corrected chi connectivity index (χ2v) is 11.0. The van der Waals surface area contributed by atoms with E-state index in [4.69, 9.17) is 0 Å². The summed E-state index contributed by atoms with van der Waals surface area (Å²) in [6.45, 7) is 4.97. The molecule has 8 heteroatoms. The van der Waals surface area contributed by atoms with Crippen LogP contribution in [0.3, 0.4) is 0 Å². The van der Waals surface area contributed by atoms with Crippen LogP contribution in [0.25, 0.3) is 0 Å². The number of carbonyl (C=O) groups is 2. The first-order valence-corrected chi connectivity index (χ1v) is 12.5. The maximum atomic E-state index is 12.8. The van der Waals surface area contributed by atoms with E-state index >= 15 is 0 Å². The van der Waals surface area contributed by atoms with Gasteiger partial charge in [0, 0.05) is 46.9 Å². The fraction of sp³-hybridized carbons (Fsp3) is 0.455. The highest BCUT2D eigenvalue weighted by molar-refractivity contribution is 7.89. The highest BCUT2D eigenvalue weighted by atomic mass is 32.2. The molecule has 2 aromatic rings. The number of rotatable bonds is 7. The number of carbonyl (C=O) groups excluding carboxylic acids is 2. The Morgan fingerprint density at radius 2 is 1.63 bits per heavy atom. The molecule has 1 aromatic carbocycles. The van der Waals surface area contributed by atoms with Gasteiger partial charge in [-0.3, -0.25) is 9.59 Å². The highest BCUT2D eigenvalue weighted by Gasteiger charge is 2.25. The van der Waals surface area contributed by atoms with Crippen molar-refractivity contribution >= 4 is 38.7 Å². The monoisotopic (exact) mass is 448 g/mol. The van der Waals surface area contributed by atoms with Crippen LogP contribution in [0, 0.1) is 13.8 Å². The number of anilines is 1. The van der Waals surface area contributed by atoms with Crippen molar-refractivity contribution in [2.45, 2.75) is 57.3 Å². The van der Waals surface area contributed by atoms with Crippen molar-refractivity contribution in [2.24, 2.45) is 0 Å². The zero-order chi connectivity index (χ0) is 21.7. The molecule has 30 heavy (non-hydrogen) atoms. The van der Waals surface area contributed by atoms with E-state index in [9.17, 15) is 18.0 Å². The van der Waals surface area contributed by atoms with Crippen LogP contribution < -0.4 is 5.32 Å². The van der Waals surface area contributed by atoms with Crippen LogP contribution in [0.4, 0.5) is 5.69 Å². The van der Waals surface area contributed by atoms with E-state index in [0.29, 0.717) is 24.3 Å². The summed E-state index contributed by atoms with van der Waals surface area (Å²) in [5.41, 5.74) is 1.21.